The number of ether oxygens (including phenoxy) is 1. The van der Waals surface area contributed by atoms with Gasteiger partial charge in [0.1, 0.15) is 0 Å². The maximum absolute atomic E-state index is 5.28. The van der Waals surface area contributed by atoms with Gasteiger partial charge in [0.15, 0.2) is 5.96 Å². The first kappa shape index (κ1) is 25.2. The van der Waals surface area contributed by atoms with Crippen molar-refractivity contribution in [3.63, 3.8) is 0 Å². The van der Waals surface area contributed by atoms with Crippen molar-refractivity contribution in [3.8, 4) is 5.88 Å². The molecule has 0 saturated carbocycles. The molecule has 2 rings (SSSR count). The lowest BCUT2D eigenvalue weighted by Crippen LogP contribution is -2.54. The third-order valence-electron chi connectivity index (χ3n) is 4.96. The Morgan fingerprint density at radius 3 is 2.50 bits per heavy atom. The van der Waals surface area contributed by atoms with Crippen LogP contribution in [0.3, 0.4) is 0 Å². The number of nitrogens with zero attached hydrogens (tertiary/aromatic N) is 6. The number of hydrogen-bond donors (Lipinski definition) is 1. The second-order valence-corrected chi connectivity index (χ2v) is 7.35. The molecule has 0 amide bonds. The van der Waals surface area contributed by atoms with Crippen molar-refractivity contribution < 1.29 is 4.74 Å². The topological polar surface area (TPSA) is 69.1 Å². The Morgan fingerprint density at radius 2 is 1.96 bits per heavy atom. The summed E-state index contributed by atoms with van der Waals surface area (Å²) in [7, 11) is 3.46. The van der Waals surface area contributed by atoms with Crippen molar-refractivity contribution in [2.75, 3.05) is 64.9 Å². The van der Waals surface area contributed by atoms with Gasteiger partial charge >= 0.3 is 0 Å². The molecule has 1 atom stereocenters. The zero-order chi connectivity index (χ0) is 19.8. The van der Waals surface area contributed by atoms with Crippen LogP contribution in [0.25, 0.3) is 0 Å². The Morgan fingerprint density at radius 1 is 1.32 bits per heavy atom. The Labute approximate surface area is 194 Å². The molecule has 1 fully saturated rings. The first-order valence-corrected chi connectivity index (χ1v) is 10.3. The van der Waals surface area contributed by atoms with E-state index in [1.807, 2.05) is 7.05 Å². The summed E-state index contributed by atoms with van der Waals surface area (Å²) in [5, 5.41) is 3.53. The molecule has 0 spiro atoms. The van der Waals surface area contributed by atoms with Gasteiger partial charge in [-0.1, -0.05) is 13.8 Å². The molecule has 0 radical (unpaired) electrons. The van der Waals surface area contributed by atoms with Crippen molar-refractivity contribution in [1.82, 2.24) is 25.1 Å². The quantitative estimate of drug-likeness (QED) is 0.307. The van der Waals surface area contributed by atoms with E-state index in [0.717, 1.165) is 56.2 Å². The van der Waals surface area contributed by atoms with Crippen molar-refractivity contribution >= 4 is 51.8 Å². The van der Waals surface area contributed by atoms with E-state index in [-0.39, 0.29) is 24.0 Å². The number of anilines is 1. The molecule has 28 heavy (non-hydrogen) atoms. The summed E-state index contributed by atoms with van der Waals surface area (Å²) in [6.45, 7) is 13.1. The highest BCUT2D eigenvalue weighted by Gasteiger charge is 2.22. The van der Waals surface area contributed by atoms with Gasteiger partial charge in [-0.25, -0.2) is 4.98 Å². The zero-order valence-corrected chi connectivity index (χ0v) is 21.4. The van der Waals surface area contributed by atoms with E-state index in [4.69, 9.17) is 4.74 Å². The fourth-order valence-corrected chi connectivity index (χ4v) is 3.66. The van der Waals surface area contributed by atoms with Crippen LogP contribution in [-0.2, 0) is 0 Å². The minimum absolute atomic E-state index is 0. The average molecular weight is 570 g/mol. The number of nitrogens with one attached hydrogen (secondary N) is 1. The monoisotopic (exact) mass is 569 g/mol. The van der Waals surface area contributed by atoms with Gasteiger partial charge in [0.2, 0.25) is 11.8 Å². The van der Waals surface area contributed by atoms with Crippen LogP contribution in [0, 0.1) is 0 Å². The molecule has 1 aromatic heterocycles. The lowest BCUT2D eigenvalue weighted by atomic mass is 10.2. The average Bonchev–Trinajstić information content (AvgIpc) is 2.70. The molecular formula is C18H33BrIN7O. The standard InChI is InChI=1S/C18H32BrN7O.HI/c1-6-24(7-2)14(3)12-21-17(20-4)25-8-10-26(11-9-25)18-22-13-15(19)16(23-18)27-5;/h13-14H,6-12H2,1-5H3,(H,20,21);1H. The molecule has 1 N–H and O–H groups in total. The first-order chi connectivity index (χ1) is 13.0. The lowest BCUT2D eigenvalue weighted by molar-refractivity contribution is 0.229. The Hall–Kier alpha value is -0.880. The molecule has 0 bridgehead atoms. The van der Waals surface area contributed by atoms with Crippen LogP contribution in [0.2, 0.25) is 0 Å². The number of aliphatic imine (C=N–C) groups is 1. The highest BCUT2D eigenvalue weighted by Crippen LogP contribution is 2.23. The van der Waals surface area contributed by atoms with Crippen LogP contribution >= 0.6 is 39.9 Å². The van der Waals surface area contributed by atoms with E-state index in [1.165, 1.54) is 0 Å². The summed E-state index contributed by atoms with van der Waals surface area (Å²) < 4.78 is 6.04. The van der Waals surface area contributed by atoms with E-state index in [1.54, 1.807) is 13.3 Å². The summed E-state index contributed by atoms with van der Waals surface area (Å²) in [6.07, 6.45) is 1.74. The summed E-state index contributed by atoms with van der Waals surface area (Å²) in [6, 6.07) is 0.474. The second kappa shape index (κ2) is 12.6. The van der Waals surface area contributed by atoms with Gasteiger partial charge < -0.3 is 19.9 Å². The molecule has 0 aromatic carbocycles. The summed E-state index contributed by atoms with van der Waals surface area (Å²) in [4.78, 5) is 20.3. The Bertz CT molecular complexity index is 622. The number of methoxy groups -OCH3 is 1. The van der Waals surface area contributed by atoms with Gasteiger partial charge in [0, 0.05) is 45.8 Å². The van der Waals surface area contributed by atoms with Crippen LogP contribution in [-0.4, -0.2) is 91.7 Å². The number of guanidine groups is 1. The zero-order valence-electron chi connectivity index (χ0n) is 17.5. The van der Waals surface area contributed by atoms with Gasteiger partial charge in [0.05, 0.1) is 17.8 Å². The fourth-order valence-electron chi connectivity index (χ4n) is 3.30. The first-order valence-electron chi connectivity index (χ1n) is 9.55. The number of halogens is 2. The molecule has 2 heterocycles. The predicted octanol–water partition coefficient (Wildman–Crippen LogP) is 2.29. The fraction of sp³-hybridized carbons (Fsp3) is 0.722. The molecule has 1 aliphatic heterocycles. The van der Waals surface area contributed by atoms with E-state index >= 15 is 0 Å². The van der Waals surface area contributed by atoms with Crippen LogP contribution in [0.4, 0.5) is 5.95 Å². The minimum Gasteiger partial charge on any atom is -0.480 e. The molecule has 10 heteroatoms. The van der Waals surface area contributed by atoms with Gasteiger partial charge in [-0.3, -0.25) is 9.89 Å². The summed E-state index contributed by atoms with van der Waals surface area (Å²) in [5.74, 6) is 2.22. The molecular weight excluding hydrogens is 537 g/mol. The van der Waals surface area contributed by atoms with E-state index in [2.05, 4.69) is 71.7 Å². The molecule has 0 aliphatic carbocycles. The van der Waals surface area contributed by atoms with Crippen molar-refractivity contribution in [3.05, 3.63) is 10.7 Å². The highest BCUT2D eigenvalue weighted by atomic mass is 127. The third-order valence-corrected chi connectivity index (χ3v) is 5.50. The van der Waals surface area contributed by atoms with Crippen LogP contribution in [0.15, 0.2) is 15.7 Å². The van der Waals surface area contributed by atoms with Gasteiger partial charge in [-0.2, -0.15) is 4.98 Å². The third kappa shape index (κ3) is 6.58. The number of hydrogen-bond acceptors (Lipinski definition) is 6. The molecule has 8 nitrogen and oxygen atoms in total. The molecule has 160 valence electrons. The maximum Gasteiger partial charge on any atom is 0.232 e. The largest absolute Gasteiger partial charge is 0.480 e. The van der Waals surface area contributed by atoms with Crippen molar-refractivity contribution in [1.29, 1.82) is 0 Å². The summed E-state index contributed by atoms with van der Waals surface area (Å²) >= 11 is 3.40. The highest BCUT2D eigenvalue weighted by molar-refractivity contribution is 14.0. The number of likely N-dealkylation sites (N-methyl/N-ethyl adjacent to an activating group) is 1. The SMILES string of the molecule is CCN(CC)C(C)CNC(=NC)N1CCN(c2ncc(Br)c(OC)n2)CC1.I. The second-order valence-electron chi connectivity index (χ2n) is 6.50. The smallest absolute Gasteiger partial charge is 0.232 e. The van der Waals surface area contributed by atoms with Crippen molar-refractivity contribution in [2.24, 2.45) is 4.99 Å². The van der Waals surface area contributed by atoms with Gasteiger partial charge in [-0.05, 0) is 35.9 Å². The minimum atomic E-state index is 0. The number of aromatic nitrogens is 2. The molecule has 1 unspecified atom stereocenters. The Kier molecular flexibility index (Phi) is 11.4. The maximum atomic E-state index is 5.28. The van der Waals surface area contributed by atoms with Crippen LogP contribution < -0.4 is 15.0 Å². The normalized spacial score (nSPS) is 16.0. The van der Waals surface area contributed by atoms with E-state index in [9.17, 15) is 0 Å². The van der Waals surface area contributed by atoms with Crippen molar-refractivity contribution in [2.45, 2.75) is 26.8 Å². The van der Waals surface area contributed by atoms with Gasteiger partial charge in [0.25, 0.3) is 0 Å². The number of piperazine rings is 1. The van der Waals surface area contributed by atoms with Crippen LogP contribution in [0.5, 0.6) is 5.88 Å². The lowest BCUT2D eigenvalue weighted by Gasteiger charge is -2.37. The number of rotatable bonds is 7. The van der Waals surface area contributed by atoms with Crippen LogP contribution in [0.1, 0.15) is 20.8 Å². The summed E-state index contributed by atoms with van der Waals surface area (Å²) in [5.41, 5.74) is 0. The molecule has 1 aromatic rings. The Balaban J connectivity index is 0.00000392. The van der Waals surface area contributed by atoms with E-state index in [0.29, 0.717) is 17.9 Å². The molecule has 1 aliphatic rings. The molecule has 1 saturated heterocycles. The predicted molar refractivity (Wildman–Crippen MR) is 129 cm³/mol. The van der Waals surface area contributed by atoms with E-state index < -0.39 is 0 Å². The van der Waals surface area contributed by atoms with Gasteiger partial charge in [-0.15, -0.1) is 24.0 Å².